The molecular formula is C6H12Cl2Si. The third-order valence-corrected chi connectivity index (χ3v) is 3.29. The van der Waals surface area contributed by atoms with E-state index in [1.54, 1.807) is 0 Å². The number of hydrogen-bond acceptors (Lipinski definition) is 0. The van der Waals surface area contributed by atoms with Gasteiger partial charge in [-0.1, -0.05) is 20.8 Å². The summed E-state index contributed by atoms with van der Waals surface area (Å²) in [6.07, 6.45) is 0. The molecule has 0 saturated carbocycles. The van der Waals surface area contributed by atoms with Gasteiger partial charge in [-0.25, -0.2) is 0 Å². The maximum atomic E-state index is 5.56. The fourth-order valence-corrected chi connectivity index (χ4v) is 1.61. The molecule has 0 aliphatic heterocycles. The van der Waals surface area contributed by atoms with E-state index in [-0.39, 0.29) is 4.84 Å². The maximum absolute atomic E-state index is 5.56. The molecule has 2 radical (unpaired) electrons. The highest BCUT2D eigenvalue weighted by molar-refractivity contribution is 6.51. The molecule has 0 rings (SSSR count). The minimum atomic E-state index is -0.178. The predicted molar refractivity (Wildman–Crippen MR) is 45.8 cm³/mol. The molecule has 0 unspecified atom stereocenters. The van der Waals surface area contributed by atoms with Crippen LogP contribution in [0.2, 0.25) is 11.1 Å². The van der Waals surface area contributed by atoms with E-state index in [1.807, 2.05) is 0 Å². The van der Waals surface area contributed by atoms with Crippen LogP contribution < -0.4 is 0 Å². The average Bonchev–Trinajstić information content (AvgIpc) is 1.59. The average molecular weight is 183 g/mol. The Morgan fingerprint density at radius 3 is 1.89 bits per heavy atom. The van der Waals surface area contributed by atoms with Crippen LogP contribution in [0.25, 0.3) is 0 Å². The van der Waals surface area contributed by atoms with Gasteiger partial charge in [0.25, 0.3) is 0 Å². The van der Waals surface area contributed by atoms with E-state index in [0.29, 0.717) is 5.04 Å². The Bertz CT molecular complexity index is 75.6. The molecule has 0 heterocycles. The van der Waals surface area contributed by atoms with Gasteiger partial charge in [-0.15, -0.1) is 23.2 Å². The number of hydrogen-bond donors (Lipinski definition) is 0. The Labute approximate surface area is 69.7 Å². The van der Waals surface area contributed by atoms with Crippen molar-refractivity contribution in [1.29, 1.82) is 0 Å². The standard InChI is InChI=1S/C6H12Cl2Si/c1-6(2,3)9-4-5(7)8/h5H,4H2,1-3H3. The molecule has 0 fully saturated rings. The van der Waals surface area contributed by atoms with Gasteiger partial charge in [-0.05, 0) is 11.1 Å². The highest BCUT2D eigenvalue weighted by Gasteiger charge is 2.12. The molecule has 0 amide bonds. The van der Waals surface area contributed by atoms with Crippen LogP contribution in [0.5, 0.6) is 0 Å². The Hall–Kier alpha value is 0.797. The van der Waals surface area contributed by atoms with E-state index in [0.717, 1.165) is 15.6 Å². The molecule has 0 aliphatic rings. The van der Waals surface area contributed by atoms with Crippen molar-refractivity contribution < 1.29 is 0 Å². The molecule has 0 saturated heterocycles. The zero-order valence-corrected chi connectivity index (χ0v) is 8.55. The normalized spacial score (nSPS) is 12.7. The quantitative estimate of drug-likeness (QED) is 0.455. The van der Waals surface area contributed by atoms with Gasteiger partial charge in [0.05, 0.1) is 0 Å². The van der Waals surface area contributed by atoms with Crippen LogP contribution in [0.3, 0.4) is 0 Å². The van der Waals surface area contributed by atoms with Gasteiger partial charge in [0.2, 0.25) is 0 Å². The van der Waals surface area contributed by atoms with Gasteiger partial charge in [0.1, 0.15) is 4.84 Å². The van der Waals surface area contributed by atoms with Gasteiger partial charge in [0, 0.05) is 9.52 Å². The molecule has 9 heavy (non-hydrogen) atoms. The molecule has 0 aliphatic carbocycles. The first-order valence-corrected chi connectivity index (χ1v) is 5.03. The van der Waals surface area contributed by atoms with Crippen LogP contribution >= 0.6 is 23.2 Å². The van der Waals surface area contributed by atoms with Crippen LogP contribution in [-0.2, 0) is 0 Å². The summed E-state index contributed by atoms with van der Waals surface area (Å²) >= 11 is 11.1. The van der Waals surface area contributed by atoms with E-state index in [1.165, 1.54) is 0 Å². The van der Waals surface area contributed by atoms with E-state index in [4.69, 9.17) is 23.2 Å². The highest BCUT2D eigenvalue weighted by atomic mass is 35.5. The van der Waals surface area contributed by atoms with Crippen molar-refractivity contribution in [1.82, 2.24) is 0 Å². The summed E-state index contributed by atoms with van der Waals surface area (Å²) in [4.78, 5) is -0.178. The van der Waals surface area contributed by atoms with Crippen molar-refractivity contribution in [2.45, 2.75) is 36.7 Å². The van der Waals surface area contributed by atoms with Gasteiger partial charge >= 0.3 is 0 Å². The minimum Gasteiger partial charge on any atom is -0.106 e. The predicted octanol–water partition coefficient (Wildman–Crippen LogP) is 3.13. The second-order valence-corrected chi connectivity index (χ2v) is 6.56. The summed E-state index contributed by atoms with van der Waals surface area (Å²) in [5, 5.41) is 0.391. The molecule has 0 nitrogen and oxygen atoms in total. The molecule has 0 aromatic rings. The Kier molecular flexibility index (Phi) is 4.18. The fourth-order valence-electron chi connectivity index (χ4n) is 0.383. The summed E-state index contributed by atoms with van der Waals surface area (Å²) in [5.41, 5.74) is 0. The maximum Gasteiger partial charge on any atom is 0.105 e. The molecule has 0 aromatic carbocycles. The monoisotopic (exact) mass is 182 g/mol. The van der Waals surface area contributed by atoms with Crippen LogP contribution in [0.15, 0.2) is 0 Å². The van der Waals surface area contributed by atoms with Crippen molar-refractivity contribution in [3.8, 4) is 0 Å². The van der Waals surface area contributed by atoms with E-state index in [9.17, 15) is 0 Å². The summed E-state index contributed by atoms with van der Waals surface area (Å²) in [5.74, 6) is 0. The molecule has 54 valence electrons. The van der Waals surface area contributed by atoms with Crippen LogP contribution in [-0.4, -0.2) is 14.4 Å². The first kappa shape index (κ1) is 9.80. The van der Waals surface area contributed by atoms with Crippen molar-refractivity contribution >= 4 is 32.7 Å². The van der Waals surface area contributed by atoms with Crippen molar-refractivity contribution in [2.24, 2.45) is 0 Å². The lowest BCUT2D eigenvalue weighted by molar-refractivity contribution is 0.749. The largest absolute Gasteiger partial charge is 0.106 e. The van der Waals surface area contributed by atoms with Gasteiger partial charge in [-0.3, -0.25) is 0 Å². The molecule has 0 atom stereocenters. The van der Waals surface area contributed by atoms with Crippen LogP contribution in [0, 0.1) is 0 Å². The van der Waals surface area contributed by atoms with Crippen molar-refractivity contribution in [3.05, 3.63) is 0 Å². The summed E-state index contributed by atoms with van der Waals surface area (Å²) in [7, 11) is 0.858. The van der Waals surface area contributed by atoms with Gasteiger partial charge in [0.15, 0.2) is 0 Å². The van der Waals surface area contributed by atoms with Crippen molar-refractivity contribution in [2.75, 3.05) is 0 Å². The molecule has 3 heteroatoms. The van der Waals surface area contributed by atoms with Crippen LogP contribution in [0.4, 0.5) is 0 Å². The molecular weight excluding hydrogens is 171 g/mol. The summed E-state index contributed by atoms with van der Waals surface area (Å²) in [6.45, 7) is 6.59. The van der Waals surface area contributed by atoms with Gasteiger partial charge < -0.3 is 0 Å². The first-order chi connectivity index (χ1) is 3.92. The first-order valence-electron chi connectivity index (χ1n) is 2.95. The third kappa shape index (κ3) is 8.80. The zero-order valence-electron chi connectivity index (χ0n) is 6.04. The number of alkyl halides is 2. The second-order valence-electron chi connectivity index (χ2n) is 3.02. The van der Waals surface area contributed by atoms with Gasteiger partial charge in [-0.2, -0.15) is 0 Å². The number of rotatable bonds is 2. The van der Waals surface area contributed by atoms with E-state index < -0.39 is 0 Å². The zero-order chi connectivity index (χ0) is 7.49. The Morgan fingerprint density at radius 1 is 1.33 bits per heavy atom. The Balaban J connectivity index is 3.28. The fraction of sp³-hybridized carbons (Fsp3) is 1.00. The Morgan fingerprint density at radius 2 is 1.78 bits per heavy atom. The van der Waals surface area contributed by atoms with E-state index in [2.05, 4.69) is 20.8 Å². The molecule has 0 bridgehead atoms. The van der Waals surface area contributed by atoms with Crippen molar-refractivity contribution in [3.63, 3.8) is 0 Å². The lowest BCUT2D eigenvalue weighted by Gasteiger charge is -2.16. The second kappa shape index (κ2) is 3.84. The molecule has 0 spiro atoms. The lowest BCUT2D eigenvalue weighted by Crippen LogP contribution is -2.09. The van der Waals surface area contributed by atoms with Crippen LogP contribution in [0.1, 0.15) is 20.8 Å². The SMILES string of the molecule is CC(C)(C)[Si]CC(Cl)Cl. The highest BCUT2D eigenvalue weighted by Crippen LogP contribution is 2.24. The number of halogens is 2. The van der Waals surface area contributed by atoms with E-state index >= 15 is 0 Å². The molecule has 0 aromatic heterocycles. The summed E-state index contributed by atoms with van der Waals surface area (Å²) < 4.78 is 0. The third-order valence-electron chi connectivity index (χ3n) is 0.787. The smallest absolute Gasteiger partial charge is 0.105 e. The summed E-state index contributed by atoms with van der Waals surface area (Å²) in [6, 6.07) is 0.923. The topological polar surface area (TPSA) is 0 Å². The lowest BCUT2D eigenvalue weighted by atomic mass is 10.3. The molecule has 0 N–H and O–H groups in total. The minimum absolute atomic E-state index is 0.178.